The molecular formula is C13H17NO2. The highest BCUT2D eigenvalue weighted by molar-refractivity contribution is 5.90. The van der Waals surface area contributed by atoms with Gasteiger partial charge in [0.25, 0.3) is 5.91 Å². The van der Waals surface area contributed by atoms with E-state index >= 15 is 0 Å². The first-order chi connectivity index (χ1) is 7.43. The Balaban J connectivity index is 2.80. The summed E-state index contributed by atoms with van der Waals surface area (Å²) in [4.78, 5) is 10.8. The molecule has 0 saturated heterocycles. The zero-order valence-corrected chi connectivity index (χ0v) is 9.82. The van der Waals surface area contributed by atoms with Gasteiger partial charge in [0.15, 0.2) is 0 Å². The topological polar surface area (TPSA) is 49.3 Å². The first kappa shape index (κ1) is 12.5. The van der Waals surface area contributed by atoms with E-state index in [4.69, 9.17) is 5.21 Å². The Morgan fingerprint density at radius 3 is 2.25 bits per heavy atom. The highest BCUT2D eigenvalue weighted by Gasteiger charge is 2.12. The summed E-state index contributed by atoms with van der Waals surface area (Å²) in [7, 11) is 0. The summed E-state index contributed by atoms with van der Waals surface area (Å²) < 4.78 is 0. The highest BCUT2D eigenvalue weighted by Crippen LogP contribution is 2.22. The van der Waals surface area contributed by atoms with Gasteiger partial charge in [-0.15, -0.1) is 0 Å². The van der Waals surface area contributed by atoms with Crippen molar-refractivity contribution in [1.29, 1.82) is 0 Å². The first-order valence-corrected chi connectivity index (χ1v) is 5.16. The van der Waals surface area contributed by atoms with Crippen LogP contribution in [-0.2, 0) is 10.2 Å². The van der Waals surface area contributed by atoms with Crippen molar-refractivity contribution in [1.82, 2.24) is 5.48 Å². The molecule has 1 amide bonds. The predicted molar refractivity (Wildman–Crippen MR) is 64.1 cm³/mol. The van der Waals surface area contributed by atoms with Gasteiger partial charge in [0.1, 0.15) is 0 Å². The van der Waals surface area contributed by atoms with E-state index < -0.39 is 5.91 Å². The number of amides is 1. The van der Waals surface area contributed by atoms with E-state index in [1.165, 1.54) is 11.6 Å². The Labute approximate surface area is 95.8 Å². The molecule has 1 aromatic carbocycles. The number of hydrogen-bond acceptors (Lipinski definition) is 2. The maximum Gasteiger partial charge on any atom is 0.267 e. The maximum atomic E-state index is 10.8. The number of benzene rings is 1. The summed E-state index contributed by atoms with van der Waals surface area (Å²) in [6, 6.07) is 7.97. The molecule has 0 unspecified atom stereocenters. The lowest BCUT2D eigenvalue weighted by atomic mass is 9.87. The summed E-state index contributed by atoms with van der Waals surface area (Å²) in [5, 5.41) is 8.31. The lowest BCUT2D eigenvalue weighted by molar-refractivity contribution is -0.124. The van der Waals surface area contributed by atoms with Gasteiger partial charge >= 0.3 is 0 Å². The molecule has 0 atom stereocenters. The molecule has 0 spiro atoms. The number of hydroxylamine groups is 1. The van der Waals surface area contributed by atoms with Crippen LogP contribution in [0.25, 0.3) is 6.08 Å². The number of carbonyl (C=O) groups is 1. The molecule has 0 aliphatic carbocycles. The molecule has 0 aromatic heterocycles. The van der Waals surface area contributed by atoms with E-state index in [2.05, 4.69) is 20.8 Å². The fraction of sp³-hybridized carbons (Fsp3) is 0.308. The molecule has 0 fully saturated rings. The van der Waals surface area contributed by atoms with Gasteiger partial charge in [0.2, 0.25) is 0 Å². The fourth-order valence-corrected chi connectivity index (χ4v) is 1.30. The van der Waals surface area contributed by atoms with Gasteiger partial charge in [-0.3, -0.25) is 10.0 Å². The van der Waals surface area contributed by atoms with Crippen LogP contribution in [0.3, 0.4) is 0 Å². The number of carbonyl (C=O) groups excluding carboxylic acids is 1. The third kappa shape index (κ3) is 3.51. The van der Waals surface area contributed by atoms with Gasteiger partial charge in [-0.1, -0.05) is 45.0 Å². The third-order valence-corrected chi connectivity index (χ3v) is 2.31. The Kier molecular flexibility index (Phi) is 3.85. The van der Waals surface area contributed by atoms with E-state index in [0.717, 1.165) is 5.56 Å². The van der Waals surface area contributed by atoms with Crippen molar-refractivity contribution in [2.75, 3.05) is 0 Å². The fourth-order valence-electron chi connectivity index (χ4n) is 1.30. The number of hydrogen-bond donors (Lipinski definition) is 2. The standard InChI is InChI=1S/C13H17NO2/c1-13(2,3)11-7-4-10(5-8-11)6-9-12(15)14-16/h4-9,16H,1-3H3,(H,14,15)/b9-6+. The molecule has 3 heteroatoms. The molecule has 0 heterocycles. The van der Waals surface area contributed by atoms with E-state index in [1.807, 2.05) is 24.3 Å². The van der Waals surface area contributed by atoms with Crippen LogP contribution >= 0.6 is 0 Å². The second-order valence-electron chi connectivity index (χ2n) is 4.68. The monoisotopic (exact) mass is 219 g/mol. The van der Waals surface area contributed by atoms with Crippen LogP contribution in [-0.4, -0.2) is 11.1 Å². The SMILES string of the molecule is CC(C)(C)c1ccc(/C=C/C(=O)NO)cc1. The van der Waals surface area contributed by atoms with E-state index in [-0.39, 0.29) is 5.41 Å². The van der Waals surface area contributed by atoms with Gasteiger partial charge in [-0.25, -0.2) is 5.48 Å². The van der Waals surface area contributed by atoms with Crippen LogP contribution < -0.4 is 5.48 Å². The van der Waals surface area contributed by atoms with Crippen LogP contribution in [0.4, 0.5) is 0 Å². The van der Waals surface area contributed by atoms with Crippen LogP contribution in [0.15, 0.2) is 30.3 Å². The lowest BCUT2D eigenvalue weighted by Crippen LogP contribution is -2.14. The molecule has 0 saturated carbocycles. The molecule has 1 rings (SSSR count). The Morgan fingerprint density at radius 2 is 1.81 bits per heavy atom. The minimum atomic E-state index is -0.528. The first-order valence-electron chi connectivity index (χ1n) is 5.16. The second kappa shape index (κ2) is 4.94. The number of rotatable bonds is 2. The molecule has 0 bridgehead atoms. The van der Waals surface area contributed by atoms with Crippen LogP contribution in [0.1, 0.15) is 31.9 Å². The molecule has 0 radical (unpaired) electrons. The van der Waals surface area contributed by atoms with Crippen molar-refractivity contribution < 1.29 is 10.0 Å². The van der Waals surface area contributed by atoms with Crippen LogP contribution in [0.2, 0.25) is 0 Å². The van der Waals surface area contributed by atoms with Crippen molar-refractivity contribution in [2.45, 2.75) is 26.2 Å². The largest absolute Gasteiger partial charge is 0.288 e. The zero-order chi connectivity index (χ0) is 12.2. The molecule has 0 aliphatic rings. The average molecular weight is 219 g/mol. The number of nitrogens with one attached hydrogen (secondary N) is 1. The molecule has 0 aliphatic heterocycles. The van der Waals surface area contributed by atoms with Crippen LogP contribution in [0.5, 0.6) is 0 Å². The third-order valence-electron chi connectivity index (χ3n) is 2.31. The minimum Gasteiger partial charge on any atom is -0.288 e. The molecule has 1 aromatic rings. The van der Waals surface area contributed by atoms with Crippen molar-refractivity contribution in [3.8, 4) is 0 Å². The molecule has 16 heavy (non-hydrogen) atoms. The summed E-state index contributed by atoms with van der Waals surface area (Å²) >= 11 is 0. The Morgan fingerprint density at radius 1 is 1.25 bits per heavy atom. The quantitative estimate of drug-likeness (QED) is 0.456. The van der Waals surface area contributed by atoms with Crippen molar-refractivity contribution in [2.24, 2.45) is 0 Å². The van der Waals surface area contributed by atoms with Gasteiger partial charge in [0, 0.05) is 6.08 Å². The lowest BCUT2D eigenvalue weighted by Gasteiger charge is -2.18. The smallest absolute Gasteiger partial charge is 0.267 e. The maximum absolute atomic E-state index is 10.8. The average Bonchev–Trinajstić information content (AvgIpc) is 2.25. The minimum absolute atomic E-state index is 0.130. The predicted octanol–water partition coefficient (Wildman–Crippen LogP) is 2.50. The van der Waals surface area contributed by atoms with Gasteiger partial charge in [0.05, 0.1) is 0 Å². The molecule has 3 nitrogen and oxygen atoms in total. The second-order valence-corrected chi connectivity index (χ2v) is 4.68. The highest BCUT2D eigenvalue weighted by atomic mass is 16.5. The Hall–Kier alpha value is -1.61. The van der Waals surface area contributed by atoms with Gasteiger partial charge in [-0.2, -0.15) is 0 Å². The van der Waals surface area contributed by atoms with Gasteiger partial charge < -0.3 is 0 Å². The molecule has 2 N–H and O–H groups in total. The summed E-state index contributed by atoms with van der Waals surface area (Å²) in [5.74, 6) is -0.528. The summed E-state index contributed by atoms with van der Waals surface area (Å²) in [6.45, 7) is 6.45. The van der Waals surface area contributed by atoms with Crippen LogP contribution in [0, 0.1) is 0 Å². The zero-order valence-electron chi connectivity index (χ0n) is 9.82. The van der Waals surface area contributed by atoms with Crippen molar-refractivity contribution >= 4 is 12.0 Å². The van der Waals surface area contributed by atoms with Gasteiger partial charge in [-0.05, 0) is 22.6 Å². The summed E-state index contributed by atoms with van der Waals surface area (Å²) in [5.41, 5.74) is 3.85. The van der Waals surface area contributed by atoms with E-state index in [1.54, 1.807) is 11.6 Å². The summed E-state index contributed by atoms with van der Waals surface area (Å²) in [6.07, 6.45) is 2.93. The molecule has 86 valence electrons. The molecular weight excluding hydrogens is 202 g/mol. The van der Waals surface area contributed by atoms with E-state index in [0.29, 0.717) is 0 Å². The van der Waals surface area contributed by atoms with Crippen molar-refractivity contribution in [3.63, 3.8) is 0 Å². The Bertz CT molecular complexity index is 385. The van der Waals surface area contributed by atoms with Crippen molar-refractivity contribution in [3.05, 3.63) is 41.5 Å². The normalized spacial score (nSPS) is 11.8. The van der Waals surface area contributed by atoms with E-state index in [9.17, 15) is 4.79 Å².